The summed E-state index contributed by atoms with van der Waals surface area (Å²) in [4.78, 5) is 8.89. The van der Waals surface area contributed by atoms with E-state index < -0.39 is 0 Å². The van der Waals surface area contributed by atoms with Gasteiger partial charge in [-0.05, 0) is 82.1 Å². The van der Waals surface area contributed by atoms with Crippen LogP contribution in [0.1, 0.15) is 0 Å². The van der Waals surface area contributed by atoms with E-state index in [4.69, 9.17) is 9.40 Å². The molecule has 5 nitrogen and oxygen atoms in total. The Morgan fingerprint density at radius 1 is 0.481 bits per heavy atom. The van der Waals surface area contributed by atoms with Gasteiger partial charge in [0.05, 0.1) is 27.8 Å². The second-order valence-electron chi connectivity index (χ2n) is 13.7. The van der Waals surface area contributed by atoms with Crippen molar-refractivity contribution in [2.24, 2.45) is 0 Å². The molecule has 5 aromatic heterocycles. The first-order valence-electron chi connectivity index (χ1n) is 17.6. The van der Waals surface area contributed by atoms with Crippen LogP contribution < -0.4 is 0 Å². The molecule has 0 bridgehead atoms. The fraction of sp³-hybridized carbons (Fsp3) is 0. The number of hydrogen-bond donors (Lipinski definition) is 1. The fourth-order valence-corrected chi connectivity index (χ4v) is 8.52. The van der Waals surface area contributed by atoms with Crippen LogP contribution in [-0.4, -0.2) is 18.9 Å². The first-order valence-corrected chi connectivity index (χ1v) is 17.6. The van der Waals surface area contributed by atoms with Crippen molar-refractivity contribution in [2.45, 2.75) is 0 Å². The van der Waals surface area contributed by atoms with Crippen LogP contribution in [0, 0.1) is 0 Å². The van der Waals surface area contributed by atoms with Gasteiger partial charge in [-0.1, -0.05) is 97.1 Å². The first-order chi connectivity index (χ1) is 25.8. The molecule has 0 aliphatic carbocycles. The summed E-state index contributed by atoms with van der Waals surface area (Å²) in [7, 11) is 0. The van der Waals surface area contributed by atoms with E-state index in [0.717, 1.165) is 72.1 Å². The Bertz CT molecular complexity index is 3370. The summed E-state index contributed by atoms with van der Waals surface area (Å²) in [6.45, 7) is 0. The van der Waals surface area contributed by atoms with Crippen LogP contribution in [0.25, 0.3) is 110 Å². The quantitative estimate of drug-likeness (QED) is 0.191. The molecule has 0 amide bonds. The summed E-state index contributed by atoms with van der Waals surface area (Å²) in [6.07, 6.45) is 4.29. The molecule has 0 unspecified atom stereocenters. The summed E-state index contributed by atoms with van der Waals surface area (Å²) < 4.78 is 10.7. The summed E-state index contributed by atoms with van der Waals surface area (Å²) in [6, 6.07) is 54.1. The highest BCUT2D eigenvalue weighted by atomic mass is 16.3. The van der Waals surface area contributed by atoms with Gasteiger partial charge in [0.2, 0.25) is 0 Å². The summed E-state index contributed by atoms with van der Waals surface area (Å²) in [5.41, 5.74) is 12.9. The van der Waals surface area contributed by atoms with Gasteiger partial charge in [-0.15, -0.1) is 0 Å². The number of benzene rings is 7. The second-order valence-corrected chi connectivity index (χ2v) is 13.7. The highest BCUT2D eigenvalue weighted by Gasteiger charge is 2.18. The largest absolute Gasteiger partial charge is 0.456 e. The van der Waals surface area contributed by atoms with Crippen LogP contribution in [0.15, 0.2) is 168 Å². The molecule has 5 heteroatoms. The Morgan fingerprint density at radius 2 is 1.13 bits per heavy atom. The molecule has 0 fully saturated rings. The molecule has 12 aromatic rings. The van der Waals surface area contributed by atoms with Gasteiger partial charge in [-0.3, -0.25) is 4.40 Å². The van der Waals surface area contributed by atoms with Crippen molar-refractivity contribution in [3.8, 4) is 28.1 Å². The lowest BCUT2D eigenvalue weighted by molar-refractivity contribution is 0.669. The van der Waals surface area contributed by atoms with Crippen molar-refractivity contribution in [1.29, 1.82) is 0 Å². The number of H-pyrrole nitrogens is 1. The Balaban J connectivity index is 1.02. The van der Waals surface area contributed by atoms with E-state index in [9.17, 15) is 0 Å². The van der Waals surface area contributed by atoms with Gasteiger partial charge in [0, 0.05) is 50.4 Å². The van der Waals surface area contributed by atoms with E-state index in [0.29, 0.717) is 0 Å². The van der Waals surface area contributed by atoms with Gasteiger partial charge < -0.3 is 14.0 Å². The number of furan rings is 1. The van der Waals surface area contributed by atoms with Crippen LogP contribution in [0.3, 0.4) is 0 Å². The molecule has 5 heterocycles. The molecule has 0 atom stereocenters. The van der Waals surface area contributed by atoms with E-state index >= 15 is 0 Å². The predicted octanol–water partition coefficient (Wildman–Crippen LogP) is 12.5. The van der Waals surface area contributed by atoms with Crippen molar-refractivity contribution >= 4 is 82.0 Å². The average molecular weight is 665 g/mol. The molecule has 0 saturated heterocycles. The highest BCUT2D eigenvalue weighted by molar-refractivity contribution is 6.24. The minimum Gasteiger partial charge on any atom is -0.456 e. The van der Waals surface area contributed by atoms with Crippen molar-refractivity contribution in [3.63, 3.8) is 0 Å². The topological polar surface area (TPSA) is 51.2 Å². The van der Waals surface area contributed by atoms with Crippen molar-refractivity contribution in [2.75, 3.05) is 0 Å². The van der Waals surface area contributed by atoms with E-state index in [1.165, 1.54) is 38.0 Å². The number of aromatic nitrogens is 4. The molecule has 12 rings (SSSR count). The Labute approximate surface area is 296 Å². The van der Waals surface area contributed by atoms with Crippen molar-refractivity contribution in [3.05, 3.63) is 164 Å². The van der Waals surface area contributed by atoms with E-state index in [-0.39, 0.29) is 0 Å². The van der Waals surface area contributed by atoms with E-state index in [1.54, 1.807) is 0 Å². The average Bonchev–Trinajstić information content (AvgIpc) is 3.99. The molecule has 52 heavy (non-hydrogen) atoms. The molecule has 242 valence electrons. The third-order valence-electron chi connectivity index (χ3n) is 10.9. The number of hydrogen-bond acceptors (Lipinski definition) is 2. The minimum absolute atomic E-state index is 0.900. The lowest BCUT2D eigenvalue weighted by Gasteiger charge is -2.09. The molecule has 0 spiro atoms. The lowest BCUT2D eigenvalue weighted by Crippen LogP contribution is -1.90. The fourth-order valence-electron chi connectivity index (χ4n) is 8.52. The van der Waals surface area contributed by atoms with Crippen molar-refractivity contribution in [1.82, 2.24) is 18.9 Å². The second kappa shape index (κ2) is 10.2. The highest BCUT2D eigenvalue weighted by Crippen LogP contribution is 2.39. The van der Waals surface area contributed by atoms with E-state index in [2.05, 4.69) is 166 Å². The van der Waals surface area contributed by atoms with Gasteiger partial charge in [0.1, 0.15) is 16.8 Å². The SMILES string of the molecule is c1ccc2c(c1)oc1ccc(-c3ccn4c(c3)nc3c5ccccc5c5cc(-c6cc(-n7c8ccccc8c8ccccc87)c[nH]6)ccc5c34)cc12. The maximum absolute atomic E-state index is 6.10. The van der Waals surface area contributed by atoms with Crippen LogP contribution in [0.5, 0.6) is 0 Å². The predicted molar refractivity (Wildman–Crippen MR) is 215 cm³/mol. The van der Waals surface area contributed by atoms with Crippen LogP contribution >= 0.6 is 0 Å². The molecular formula is C47H28N4O. The number of para-hydroxylation sites is 3. The summed E-state index contributed by atoms with van der Waals surface area (Å²) >= 11 is 0. The molecule has 0 aliphatic heterocycles. The molecule has 0 radical (unpaired) electrons. The first kappa shape index (κ1) is 27.7. The summed E-state index contributed by atoms with van der Waals surface area (Å²) in [5, 5.41) is 9.50. The summed E-state index contributed by atoms with van der Waals surface area (Å²) in [5.74, 6) is 0. The normalized spacial score (nSPS) is 12.2. The van der Waals surface area contributed by atoms with E-state index in [1.807, 2.05) is 12.1 Å². The molecule has 1 N–H and O–H groups in total. The number of fused-ring (bicyclic) bond motifs is 14. The Kier molecular flexibility index (Phi) is 5.44. The lowest BCUT2D eigenvalue weighted by atomic mass is 9.97. The number of pyridine rings is 1. The molecule has 0 aliphatic rings. The van der Waals surface area contributed by atoms with Gasteiger partial charge in [0.25, 0.3) is 0 Å². The third kappa shape index (κ3) is 3.79. The minimum atomic E-state index is 0.900. The monoisotopic (exact) mass is 664 g/mol. The standard InChI is InChI=1S/C47H28N4O/c1-2-13-36-32(9-1)38-24-30(40-26-31(27-48-40)51-41-14-6-3-10-33(41)34-11-4-7-15-42(34)51)17-19-37(38)47-46(36)49-45-25-29(21-22-50(45)47)28-18-20-44-39(23-28)35-12-5-8-16-43(35)52-44/h1-27,48H. The third-order valence-corrected chi connectivity index (χ3v) is 10.9. The zero-order chi connectivity index (χ0) is 33.9. The number of nitrogens with zero attached hydrogens (tertiary/aromatic N) is 3. The molecule has 0 saturated carbocycles. The number of nitrogens with one attached hydrogen (secondary N) is 1. The smallest absolute Gasteiger partial charge is 0.138 e. The Hall–Kier alpha value is -7.11. The van der Waals surface area contributed by atoms with Crippen LogP contribution in [0.2, 0.25) is 0 Å². The zero-order valence-corrected chi connectivity index (χ0v) is 27.8. The number of rotatable bonds is 3. The maximum Gasteiger partial charge on any atom is 0.138 e. The number of aromatic amines is 1. The number of imidazole rings is 1. The van der Waals surface area contributed by atoms with Crippen LogP contribution in [0.4, 0.5) is 0 Å². The van der Waals surface area contributed by atoms with Gasteiger partial charge in [0.15, 0.2) is 0 Å². The van der Waals surface area contributed by atoms with Gasteiger partial charge in [-0.2, -0.15) is 0 Å². The molecular weight excluding hydrogens is 637 g/mol. The van der Waals surface area contributed by atoms with Gasteiger partial charge in [-0.25, -0.2) is 4.98 Å². The van der Waals surface area contributed by atoms with Crippen LogP contribution in [-0.2, 0) is 0 Å². The molecule has 7 aromatic carbocycles. The zero-order valence-electron chi connectivity index (χ0n) is 27.8. The Morgan fingerprint density at radius 3 is 1.96 bits per heavy atom. The van der Waals surface area contributed by atoms with Gasteiger partial charge >= 0.3 is 0 Å². The maximum atomic E-state index is 6.10. The van der Waals surface area contributed by atoms with Crippen molar-refractivity contribution < 1.29 is 4.42 Å².